The number of hydrogen-bond donors (Lipinski definition) is 2. The Morgan fingerprint density at radius 2 is 2.25 bits per heavy atom. The lowest BCUT2D eigenvalue weighted by molar-refractivity contribution is 0.253. The van der Waals surface area contributed by atoms with Crippen molar-refractivity contribution in [2.45, 2.75) is 31.8 Å². The van der Waals surface area contributed by atoms with Crippen molar-refractivity contribution in [3.8, 4) is 0 Å². The SMILES string of the molecule is CC(C)N1CCC2(CNCN2)C1. The Bertz CT molecular complexity index is 161. The van der Waals surface area contributed by atoms with Gasteiger partial charge >= 0.3 is 0 Å². The summed E-state index contributed by atoms with van der Waals surface area (Å²) in [5, 5.41) is 6.94. The molecule has 0 aliphatic carbocycles. The van der Waals surface area contributed by atoms with Gasteiger partial charge in [-0.2, -0.15) is 0 Å². The molecule has 2 N–H and O–H groups in total. The van der Waals surface area contributed by atoms with Crippen LogP contribution in [-0.2, 0) is 0 Å². The molecule has 0 aromatic heterocycles. The lowest BCUT2D eigenvalue weighted by Crippen LogP contribution is -2.46. The lowest BCUT2D eigenvalue weighted by Gasteiger charge is -2.25. The fraction of sp³-hybridized carbons (Fsp3) is 1.00. The number of hydrogen-bond acceptors (Lipinski definition) is 3. The van der Waals surface area contributed by atoms with Gasteiger partial charge in [-0.25, -0.2) is 0 Å². The molecule has 0 saturated carbocycles. The third kappa shape index (κ3) is 1.37. The summed E-state index contributed by atoms with van der Waals surface area (Å²) in [5.41, 5.74) is 0.407. The number of nitrogens with one attached hydrogen (secondary N) is 2. The van der Waals surface area contributed by atoms with Crippen molar-refractivity contribution in [1.82, 2.24) is 15.5 Å². The topological polar surface area (TPSA) is 27.3 Å². The van der Waals surface area contributed by atoms with E-state index in [1.807, 2.05) is 0 Å². The second-order valence-electron chi connectivity index (χ2n) is 4.37. The van der Waals surface area contributed by atoms with Gasteiger partial charge in [0.25, 0.3) is 0 Å². The normalized spacial score (nSPS) is 37.2. The molecule has 2 rings (SSSR count). The van der Waals surface area contributed by atoms with Gasteiger partial charge in [-0.15, -0.1) is 0 Å². The van der Waals surface area contributed by atoms with E-state index in [9.17, 15) is 0 Å². The van der Waals surface area contributed by atoms with Crippen molar-refractivity contribution >= 4 is 0 Å². The van der Waals surface area contributed by atoms with Gasteiger partial charge in [-0.1, -0.05) is 0 Å². The summed E-state index contributed by atoms with van der Waals surface area (Å²) in [6, 6.07) is 0.701. The minimum atomic E-state index is 0.407. The Balaban J connectivity index is 1.96. The number of nitrogens with zero attached hydrogens (tertiary/aromatic N) is 1. The van der Waals surface area contributed by atoms with Crippen LogP contribution in [0.15, 0.2) is 0 Å². The minimum absolute atomic E-state index is 0.407. The molecule has 0 amide bonds. The zero-order chi connectivity index (χ0) is 8.60. The molecule has 3 nitrogen and oxygen atoms in total. The molecule has 2 aliphatic heterocycles. The molecule has 70 valence electrons. The molecule has 1 unspecified atom stereocenters. The zero-order valence-corrected chi connectivity index (χ0v) is 8.06. The van der Waals surface area contributed by atoms with Crippen LogP contribution in [0.1, 0.15) is 20.3 Å². The van der Waals surface area contributed by atoms with Gasteiger partial charge in [0.15, 0.2) is 0 Å². The first-order valence-corrected chi connectivity index (χ1v) is 4.92. The summed E-state index contributed by atoms with van der Waals surface area (Å²) in [7, 11) is 0. The molecule has 1 spiro atoms. The van der Waals surface area contributed by atoms with Gasteiger partial charge in [0, 0.05) is 37.9 Å². The Morgan fingerprint density at radius 3 is 2.75 bits per heavy atom. The average Bonchev–Trinajstić information content (AvgIpc) is 2.62. The van der Waals surface area contributed by atoms with Crippen LogP contribution in [0.2, 0.25) is 0 Å². The van der Waals surface area contributed by atoms with Gasteiger partial charge in [0.2, 0.25) is 0 Å². The molecule has 2 aliphatic rings. The Kier molecular flexibility index (Phi) is 2.10. The third-order valence-electron chi connectivity index (χ3n) is 3.17. The van der Waals surface area contributed by atoms with Crippen LogP contribution in [-0.4, -0.2) is 42.8 Å². The predicted molar refractivity (Wildman–Crippen MR) is 50.1 cm³/mol. The van der Waals surface area contributed by atoms with Crippen LogP contribution in [0, 0.1) is 0 Å². The maximum atomic E-state index is 3.56. The second-order valence-corrected chi connectivity index (χ2v) is 4.37. The quantitative estimate of drug-likeness (QED) is 0.578. The molecular weight excluding hydrogens is 150 g/mol. The smallest absolute Gasteiger partial charge is 0.0460 e. The molecule has 3 heteroatoms. The highest BCUT2D eigenvalue weighted by Crippen LogP contribution is 2.23. The number of rotatable bonds is 1. The van der Waals surface area contributed by atoms with Crippen molar-refractivity contribution in [2.24, 2.45) is 0 Å². The van der Waals surface area contributed by atoms with E-state index >= 15 is 0 Å². The van der Waals surface area contributed by atoms with Crippen molar-refractivity contribution in [2.75, 3.05) is 26.3 Å². The summed E-state index contributed by atoms with van der Waals surface area (Å²) >= 11 is 0. The molecule has 0 bridgehead atoms. The molecule has 2 saturated heterocycles. The maximum absolute atomic E-state index is 3.56. The van der Waals surface area contributed by atoms with Crippen molar-refractivity contribution in [1.29, 1.82) is 0 Å². The summed E-state index contributed by atoms with van der Waals surface area (Å²) in [6.07, 6.45) is 1.30. The summed E-state index contributed by atoms with van der Waals surface area (Å²) in [5.74, 6) is 0. The highest BCUT2D eigenvalue weighted by molar-refractivity contribution is 5.02. The van der Waals surface area contributed by atoms with Gasteiger partial charge in [-0.05, 0) is 20.3 Å². The highest BCUT2D eigenvalue weighted by atomic mass is 15.3. The Hall–Kier alpha value is -0.120. The zero-order valence-electron chi connectivity index (χ0n) is 8.06. The first-order valence-electron chi connectivity index (χ1n) is 4.92. The van der Waals surface area contributed by atoms with E-state index in [0.29, 0.717) is 11.6 Å². The number of likely N-dealkylation sites (tertiary alicyclic amines) is 1. The fourth-order valence-corrected chi connectivity index (χ4v) is 2.25. The van der Waals surface area contributed by atoms with E-state index in [2.05, 4.69) is 29.4 Å². The molecule has 0 aromatic rings. The summed E-state index contributed by atoms with van der Waals surface area (Å²) in [6.45, 7) is 9.18. The first-order chi connectivity index (χ1) is 5.72. The van der Waals surface area contributed by atoms with E-state index < -0.39 is 0 Å². The van der Waals surface area contributed by atoms with Crippen LogP contribution in [0.3, 0.4) is 0 Å². The molecule has 0 aromatic carbocycles. The minimum Gasteiger partial charge on any atom is -0.303 e. The molecule has 2 fully saturated rings. The van der Waals surface area contributed by atoms with Gasteiger partial charge < -0.3 is 5.32 Å². The Morgan fingerprint density at radius 1 is 1.42 bits per heavy atom. The fourth-order valence-electron chi connectivity index (χ4n) is 2.25. The van der Waals surface area contributed by atoms with Crippen molar-refractivity contribution in [3.63, 3.8) is 0 Å². The third-order valence-corrected chi connectivity index (χ3v) is 3.17. The summed E-state index contributed by atoms with van der Waals surface area (Å²) < 4.78 is 0. The second kappa shape index (κ2) is 2.98. The molecule has 0 radical (unpaired) electrons. The van der Waals surface area contributed by atoms with Gasteiger partial charge in [0.1, 0.15) is 0 Å². The standard InChI is InChI=1S/C9H19N3/c1-8(2)12-4-3-9(6-12)5-10-7-11-9/h8,10-11H,3-7H2,1-2H3. The largest absolute Gasteiger partial charge is 0.303 e. The maximum Gasteiger partial charge on any atom is 0.0460 e. The highest BCUT2D eigenvalue weighted by Gasteiger charge is 2.40. The van der Waals surface area contributed by atoms with Crippen molar-refractivity contribution < 1.29 is 0 Å². The van der Waals surface area contributed by atoms with E-state index in [1.165, 1.54) is 19.5 Å². The average molecular weight is 169 g/mol. The van der Waals surface area contributed by atoms with E-state index in [0.717, 1.165) is 13.2 Å². The monoisotopic (exact) mass is 169 g/mol. The van der Waals surface area contributed by atoms with E-state index in [4.69, 9.17) is 0 Å². The van der Waals surface area contributed by atoms with Crippen LogP contribution in [0.5, 0.6) is 0 Å². The molecular formula is C9H19N3. The van der Waals surface area contributed by atoms with E-state index in [-0.39, 0.29) is 0 Å². The molecule has 12 heavy (non-hydrogen) atoms. The van der Waals surface area contributed by atoms with Crippen LogP contribution in [0.25, 0.3) is 0 Å². The van der Waals surface area contributed by atoms with Crippen LogP contribution >= 0.6 is 0 Å². The summed E-state index contributed by atoms with van der Waals surface area (Å²) in [4.78, 5) is 2.56. The van der Waals surface area contributed by atoms with E-state index in [1.54, 1.807) is 0 Å². The van der Waals surface area contributed by atoms with Gasteiger partial charge in [-0.3, -0.25) is 10.2 Å². The molecule has 2 heterocycles. The van der Waals surface area contributed by atoms with Gasteiger partial charge in [0.05, 0.1) is 0 Å². The van der Waals surface area contributed by atoms with Crippen molar-refractivity contribution in [3.05, 3.63) is 0 Å². The predicted octanol–water partition coefficient (Wildman–Crippen LogP) is -0.0104. The first kappa shape index (κ1) is 8.48. The lowest BCUT2D eigenvalue weighted by atomic mass is 10.0. The van der Waals surface area contributed by atoms with Crippen LogP contribution < -0.4 is 10.6 Å². The molecule has 1 atom stereocenters. The van der Waals surface area contributed by atoms with Crippen LogP contribution in [0.4, 0.5) is 0 Å². The Labute approximate surface area is 74.5 Å².